The molecule has 0 bridgehead atoms. The number of likely N-dealkylation sites (tertiary alicyclic amines) is 1. The fourth-order valence-corrected chi connectivity index (χ4v) is 1.67. The van der Waals surface area contributed by atoms with E-state index < -0.39 is 0 Å². The average molecular weight is 170 g/mol. The molecule has 2 nitrogen and oxygen atoms in total. The number of hydrogen-bond donors (Lipinski definition) is 1. The molecule has 0 aromatic carbocycles. The summed E-state index contributed by atoms with van der Waals surface area (Å²) in [6, 6.07) is 0.365. The smallest absolute Gasteiger partial charge is 0.00226 e. The summed E-state index contributed by atoms with van der Waals surface area (Å²) < 4.78 is 0. The maximum Gasteiger partial charge on any atom is 0.00226 e. The van der Waals surface area contributed by atoms with Crippen molar-refractivity contribution in [3.63, 3.8) is 0 Å². The van der Waals surface area contributed by atoms with Gasteiger partial charge in [-0.15, -0.1) is 0 Å². The van der Waals surface area contributed by atoms with Crippen LogP contribution in [0.25, 0.3) is 0 Å². The van der Waals surface area contributed by atoms with Crippen molar-refractivity contribution in [1.82, 2.24) is 4.90 Å². The van der Waals surface area contributed by atoms with Crippen LogP contribution >= 0.6 is 0 Å². The molecule has 1 aliphatic rings. The van der Waals surface area contributed by atoms with E-state index >= 15 is 0 Å². The Morgan fingerprint density at radius 1 is 1.42 bits per heavy atom. The van der Waals surface area contributed by atoms with Gasteiger partial charge in [0.25, 0.3) is 0 Å². The van der Waals surface area contributed by atoms with Crippen LogP contribution in [-0.4, -0.2) is 30.6 Å². The van der Waals surface area contributed by atoms with Crippen LogP contribution in [-0.2, 0) is 0 Å². The van der Waals surface area contributed by atoms with E-state index in [0.717, 1.165) is 12.3 Å². The third-order valence-electron chi connectivity index (χ3n) is 2.78. The van der Waals surface area contributed by atoms with Gasteiger partial charge in [-0.1, -0.05) is 6.92 Å². The lowest BCUT2D eigenvalue weighted by Crippen LogP contribution is -2.35. The van der Waals surface area contributed by atoms with Crippen LogP contribution in [0.5, 0.6) is 0 Å². The van der Waals surface area contributed by atoms with E-state index in [0.29, 0.717) is 6.04 Å². The van der Waals surface area contributed by atoms with Crippen molar-refractivity contribution in [1.29, 1.82) is 0 Å². The monoisotopic (exact) mass is 170 g/mol. The summed E-state index contributed by atoms with van der Waals surface area (Å²) in [4.78, 5) is 2.54. The lowest BCUT2D eigenvalue weighted by molar-refractivity contribution is 0.188. The minimum atomic E-state index is 0.365. The summed E-state index contributed by atoms with van der Waals surface area (Å²) in [6.45, 7) is 8.21. The van der Waals surface area contributed by atoms with Crippen molar-refractivity contribution in [3.8, 4) is 0 Å². The maximum atomic E-state index is 5.71. The van der Waals surface area contributed by atoms with Crippen LogP contribution < -0.4 is 5.73 Å². The number of piperidine rings is 1. The number of nitrogens with zero attached hydrogens (tertiary/aromatic N) is 1. The first-order valence-electron chi connectivity index (χ1n) is 5.16. The first kappa shape index (κ1) is 10.0. The van der Waals surface area contributed by atoms with Crippen molar-refractivity contribution >= 4 is 0 Å². The van der Waals surface area contributed by atoms with E-state index in [-0.39, 0.29) is 0 Å². The average Bonchev–Trinajstić information content (AvgIpc) is 2.03. The number of rotatable bonds is 3. The fourth-order valence-electron chi connectivity index (χ4n) is 1.67. The first-order chi connectivity index (χ1) is 5.68. The lowest BCUT2D eigenvalue weighted by Gasteiger charge is -2.30. The van der Waals surface area contributed by atoms with Crippen molar-refractivity contribution in [2.24, 2.45) is 11.7 Å². The molecule has 1 aliphatic heterocycles. The molecule has 0 amide bonds. The molecule has 1 heterocycles. The fraction of sp³-hybridized carbons (Fsp3) is 1.00. The van der Waals surface area contributed by atoms with Crippen molar-refractivity contribution in [2.75, 3.05) is 19.6 Å². The van der Waals surface area contributed by atoms with Crippen LogP contribution in [0.15, 0.2) is 0 Å². The highest BCUT2D eigenvalue weighted by Gasteiger charge is 2.14. The second-order valence-corrected chi connectivity index (χ2v) is 4.29. The predicted molar refractivity (Wildman–Crippen MR) is 53.1 cm³/mol. The summed E-state index contributed by atoms with van der Waals surface area (Å²) >= 11 is 0. The van der Waals surface area contributed by atoms with Gasteiger partial charge in [-0.2, -0.15) is 0 Å². The van der Waals surface area contributed by atoms with Crippen LogP contribution in [0.3, 0.4) is 0 Å². The zero-order valence-corrected chi connectivity index (χ0v) is 8.42. The van der Waals surface area contributed by atoms with E-state index in [4.69, 9.17) is 5.73 Å². The molecule has 1 fully saturated rings. The summed E-state index contributed by atoms with van der Waals surface area (Å²) in [5.74, 6) is 0.941. The van der Waals surface area contributed by atoms with Gasteiger partial charge in [0.1, 0.15) is 0 Å². The van der Waals surface area contributed by atoms with Crippen molar-refractivity contribution < 1.29 is 0 Å². The van der Waals surface area contributed by atoms with Crippen molar-refractivity contribution in [2.45, 2.75) is 39.2 Å². The molecular weight excluding hydrogens is 148 g/mol. The third-order valence-corrected chi connectivity index (χ3v) is 2.78. The van der Waals surface area contributed by atoms with Gasteiger partial charge in [-0.25, -0.2) is 0 Å². The zero-order valence-electron chi connectivity index (χ0n) is 8.42. The minimum absolute atomic E-state index is 0.365. The highest BCUT2D eigenvalue weighted by molar-refractivity contribution is 4.70. The highest BCUT2D eigenvalue weighted by atomic mass is 15.1. The Morgan fingerprint density at radius 3 is 2.50 bits per heavy atom. The second-order valence-electron chi connectivity index (χ2n) is 4.29. The van der Waals surface area contributed by atoms with Crippen LogP contribution in [0, 0.1) is 5.92 Å². The SMILES string of the molecule is CC1CCN(CC[C@@H](C)N)CC1. The van der Waals surface area contributed by atoms with E-state index in [1.54, 1.807) is 0 Å². The summed E-state index contributed by atoms with van der Waals surface area (Å²) in [7, 11) is 0. The largest absolute Gasteiger partial charge is 0.328 e. The molecule has 12 heavy (non-hydrogen) atoms. The molecule has 0 spiro atoms. The van der Waals surface area contributed by atoms with Crippen LogP contribution in [0.2, 0.25) is 0 Å². The topological polar surface area (TPSA) is 29.3 Å². The Balaban J connectivity index is 2.09. The normalized spacial score (nSPS) is 24.2. The molecule has 2 N–H and O–H groups in total. The van der Waals surface area contributed by atoms with Gasteiger partial charge in [-0.3, -0.25) is 0 Å². The Labute approximate surface area is 76.1 Å². The van der Waals surface area contributed by atoms with Gasteiger partial charge in [0, 0.05) is 6.04 Å². The molecule has 1 rings (SSSR count). The molecule has 0 aromatic heterocycles. The Morgan fingerprint density at radius 2 is 2.00 bits per heavy atom. The quantitative estimate of drug-likeness (QED) is 0.694. The molecule has 1 atom stereocenters. The molecule has 72 valence electrons. The molecule has 0 unspecified atom stereocenters. The van der Waals surface area contributed by atoms with Gasteiger partial charge in [0.15, 0.2) is 0 Å². The predicted octanol–water partition coefficient (Wildman–Crippen LogP) is 1.46. The summed E-state index contributed by atoms with van der Waals surface area (Å²) in [5, 5.41) is 0. The standard InChI is InChI=1S/C10H22N2/c1-9-3-6-12(7-4-9)8-5-10(2)11/h9-10H,3-8,11H2,1-2H3/t10-/m1/s1. The number of nitrogens with two attached hydrogens (primary N) is 1. The Kier molecular flexibility index (Phi) is 4.02. The summed E-state index contributed by atoms with van der Waals surface area (Å²) in [5.41, 5.74) is 5.71. The molecule has 0 aromatic rings. The van der Waals surface area contributed by atoms with E-state index in [9.17, 15) is 0 Å². The molecule has 2 heteroatoms. The second kappa shape index (κ2) is 4.83. The van der Waals surface area contributed by atoms with Gasteiger partial charge in [0.05, 0.1) is 0 Å². The molecule has 0 radical (unpaired) electrons. The van der Waals surface area contributed by atoms with Crippen LogP contribution in [0.1, 0.15) is 33.1 Å². The van der Waals surface area contributed by atoms with Crippen LogP contribution in [0.4, 0.5) is 0 Å². The van der Waals surface area contributed by atoms with Crippen molar-refractivity contribution in [3.05, 3.63) is 0 Å². The highest BCUT2D eigenvalue weighted by Crippen LogP contribution is 2.15. The number of hydrogen-bond acceptors (Lipinski definition) is 2. The zero-order chi connectivity index (χ0) is 8.97. The van der Waals surface area contributed by atoms with Gasteiger partial charge < -0.3 is 10.6 Å². The van der Waals surface area contributed by atoms with E-state index in [1.807, 2.05) is 0 Å². The first-order valence-corrected chi connectivity index (χ1v) is 5.16. The Hall–Kier alpha value is -0.0800. The molecule has 0 aliphatic carbocycles. The molecule has 0 saturated carbocycles. The lowest BCUT2D eigenvalue weighted by atomic mass is 9.99. The maximum absolute atomic E-state index is 5.71. The third kappa shape index (κ3) is 3.55. The molecule has 1 saturated heterocycles. The minimum Gasteiger partial charge on any atom is -0.328 e. The Bertz CT molecular complexity index is 115. The van der Waals surface area contributed by atoms with Gasteiger partial charge in [0.2, 0.25) is 0 Å². The van der Waals surface area contributed by atoms with E-state index in [1.165, 1.54) is 32.5 Å². The van der Waals surface area contributed by atoms with Gasteiger partial charge >= 0.3 is 0 Å². The van der Waals surface area contributed by atoms with Gasteiger partial charge in [-0.05, 0) is 51.7 Å². The molecular formula is C10H22N2. The van der Waals surface area contributed by atoms with E-state index in [2.05, 4.69) is 18.7 Å². The summed E-state index contributed by atoms with van der Waals surface area (Å²) in [6.07, 6.45) is 3.90.